The van der Waals surface area contributed by atoms with E-state index in [-0.39, 0.29) is 11.6 Å². The Morgan fingerprint density at radius 1 is 1.50 bits per heavy atom. The predicted molar refractivity (Wildman–Crippen MR) is 72.7 cm³/mol. The van der Waals surface area contributed by atoms with Crippen molar-refractivity contribution in [2.45, 2.75) is 25.9 Å². The molecule has 2 aromatic rings. The van der Waals surface area contributed by atoms with Gasteiger partial charge < -0.3 is 10.3 Å². The predicted octanol–water partition coefficient (Wildman–Crippen LogP) is 1.51. The number of hydrogen-bond acceptors (Lipinski definition) is 3. The van der Waals surface area contributed by atoms with Crippen molar-refractivity contribution >= 4 is 11.6 Å². The van der Waals surface area contributed by atoms with Crippen molar-refractivity contribution < 1.29 is 9.18 Å². The second kappa shape index (κ2) is 5.05. The first kappa shape index (κ1) is 12.8. The summed E-state index contributed by atoms with van der Waals surface area (Å²) in [6.07, 6.45) is 2.12. The molecule has 1 aromatic heterocycles. The summed E-state index contributed by atoms with van der Waals surface area (Å²) in [5.74, 6) is -0.677. The first-order valence-electron chi connectivity index (χ1n) is 6.45. The van der Waals surface area contributed by atoms with Crippen molar-refractivity contribution in [3.05, 3.63) is 47.3 Å². The van der Waals surface area contributed by atoms with Crippen molar-refractivity contribution in [3.8, 4) is 0 Å². The van der Waals surface area contributed by atoms with Crippen LogP contribution in [0.2, 0.25) is 0 Å². The van der Waals surface area contributed by atoms with Gasteiger partial charge in [-0.05, 0) is 24.6 Å². The fourth-order valence-corrected chi connectivity index (χ4v) is 2.31. The number of imidazole rings is 1. The number of aryl methyl sites for hydroxylation is 1. The zero-order chi connectivity index (χ0) is 14.1. The maximum absolute atomic E-state index is 13.6. The van der Waals surface area contributed by atoms with Gasteiger partial charge in [0.25, 0.3) is 0 Å². The van der Waals surface area contributed by atoms with E-state index in [4.69, 9.17) is 0 Å². The summed E-state index contributed by atoms with van der Waals surface area (Å²) in [7, 11) is 0. The number of benzene rings is 1. The lowest BCUT2D eigenvalue weighted by Crippen LogP contribution is -2.44. The smallest absolute Gasteiger partial charge is 0.242 e. The second-order valence-electron chi connectivity index (χ2n) is 4.94. The zero-order valence-corrected chi connectivity index (χ0v) is 11.0. The molecule has 1 aliphatic heterocycles. The molecule has 3 N–H and O–H groups in total. The summed E-state index contributed by atoms with van der Waals surface area (Å²) < 4.78 is 13.6. The molecule has 1 aromatic carbocycles. The van der Waals surface area contributed by atoms with Gasteiger partial charge in [-0.1, -0.05) is 6.07 Å². The van der Waals surface area contributed by atoms with Crippen molar-refractivity contribution in [1.82, 2.24) is 15.3 Å². The molecular weight excluding hydrogens is 259 g/mol. The first-order chi connectivity index (χ1) is 9.63. The van der Waals surface area contributed by atoms with Gasteiger partial charge in [-0.2, -0.15) is 0 Å². The van der Waals surface area contributed by atoms with Gasteiger partial charge in [0.1, 0.15) is 5.82 Å². The molecule has 0 saturated heterocycles. The maximum Gasteiger partial charge on any atom is 0.242 e. The SMILES string of the molecule is Cc1ccc(F)c(NC(=O)C2Cc3nc[nH]c3CN2)c1. The Bertz CT molecular complexity index is 652. The average Bonchev–Trinajstić information content (AvgIpc) is 2.90. The van der Waals surface area contributed by atoms with E-state index in [0.29, 0.717) is 13.0 Å². The van der Waals surface area contributed by atoms with Gasteiger partial charge in [0.05, 0.1) is 29.4 Å². The van der Waals surface area contributed by atoms with Crippen LogP contribution in [0.5, 0.6) is 0 Å². The number of hydrogen-bond donors (Lipinski definition) is 3. The molecule has 20 heavy (non-hydrogen) atoms. The van der Waals surface area contributed by atoms with Gasteiger partial charge in [0, 0.05) is 13.0 Å². The number of halogens is 1. The van der Waals surface area contributed by atoms with Crippen LogP contribution in [0, 0.1) is 12.7 Å². The molecule has 5 nitrogen and oxygen atoms in total. The second-order valence-corrected chi connectivity index (χ2v) is 4.94. The van der Waals surface area contributed by atoms with Crippen LogP contribution < -0.4 is 10.6 Å². The third-order valence-corrected chi connectivity index (χ3v) is 3.43. The number of carbonyl (C=O) groups is 1. The highest BCUT2D eigenvalue weighted by Crippen LogP contribution is 2.18. The van der Waals surface area contributed by atoms with E-state index >= 15 is 0 Å². The van der Waals surface area contributed by atoms with E-state index in [2.05, 4.69) is 20.6 Å². The normalized spacial score (nSPS) is 17.6. The van der Waals surface area contributed by atoms with Crippen LogP contribution >= 0.6 is 0 Å². The van der Waals surface area contributed by atoms with Crippen LogP contribution in [0.25, 0.3) is 0 Å². The summed E-state index contributed by atoms with van der Waals surface area (Å²) >= 11 is 0. The Labute approximate surface area is 115 Å². The Balaban J connectivity index is 1.73. The number of aromatic nitrogens is 2. The van der Waals surface area contributed by atoms with Crippen molar-refractivity contribution in [2.24, 2.45) is 0 Å². The van der Waals surface area contributed by atoms with Gasteiger partial charge in [-0.15, -0.1) is 0 Å². The minimum atomic E-state index is -0.430. The van der Waals surface area contributed by atoms with Gasteiger partial charge in [-0.25, -0.2) is 9.37 Å². The molecule has 2 heterocycles. The van der Waals surface area contributed by atoms with Gasteiger partial charge >= 0.3 is 0 Å². The molecule has 6 heteroatoms. The molecule has 1 aliphatic rings. The molecule has 0 fully saturated rings. The molecule has 0 spiro atoms. The molecule has 0 aliphatic carbocycles. The van der Waals surface area contributed by atoms with Crippen molar-refractivity contribution in [2.75, 3.05) is 5.32 Å². The van der Waals surface area contributed by atoms with Gasteiger partial charge in [0.2, 0.25) is 5.91 Å². The van der Waals surface area contributed by atoms with E-state index in [0.717, 1.165) is 17.0 Å². The Morgan fingerprint density at radius 3 is 3.20 bits per heavy atom. The van der Waals surface area contributed by atoms with Crippen LogP contribution in [-0.4, -0.2) is 21.9 Å². The van der Waals surface area contributed by atoms with Crippen molar-refractivity contribution in [1.29, 1.82) is 0 Å². The molecule has 104 valence electrons. The molecule has 3 rings (SSSR count). The lowest BCUT2D eigenvalue weighted by atomic mass is 10.0. The van der Waals surface area contributed by atoms with Crippen LogP contribution in [-0.2, 0) is 17.8 Å². The molecular formula is C14H15FN4O. The average molecular weight is 274 g/mol. The number of anilines is 1. The topological polar surface area (TPSA) is 69.8 Å². The van der Waals surface area contributed by atoms with E-state index in [1.54, 1.807) is 18.5 Å². The van der Waals surface area contributed by atoms with E-state index < -0.39 is 11.9 Å². The largest absolute Gasteiger partial charge is 0.347 e. The Hall–Kier alpha value is -2.21. The molecule has 0 saturated carbocycles. The number of fused-ring (bicyclic) bond motifs is 1. The molecule has 1 amide bonds. The fraction of sp³-hybridized carbons (Fsp3) is 0.286. The third kappa shape index (κ3) is 2.42. The zero-order valence-electron chi connectivity index (χ0n) is 11.0. The Kier molecular flexibility index (Phi) is 3.23. The molecule has 1 atom stereocenters. The van der Waals surface area contributed by atoms with Gasteiger partial charge in [0.15, 0.2) is 0 Å². The third-order valence-electron chi connectivity index (χ3n) is 3.43. The lowest BCUT2D eigenvalue weighted by Gasteiger charge is -2.22. The number of nitrogens with zero attached hydrogens (tertiary/aromatic N) is 1. The summed E-state index contributed by atoms with van der Waals surface area (Å²) in [4.78, 5) is 19.4. The van der Waals surface area contributed by atoms with Gasteiger partial charge in [-0.3, -0.25) is 10.1 Å². The number of aromatic amines is 1. The number of amides is 1. The number of nitrogens with one attached hydrogen (secondary N) is 3. The highest BCUT2D eigenvalue weighted by molar-refractivity contribution is 5.95. The lowest BCUT2D eigenvalue weighted by molar-refractivity contribution is -0.118. The quantitative estimate of drug-likeness (QED) is 0.777. The first-order valence-corrected chi connectivity index (χ1v) is 6.45. The number of H-pyrrole nitrogens is 1. The highest BCUT2D eigenvalue weighted by Gasteiger charge is 2.26. The van der Waals surface area contributed by atoms with Crippen LogP contribution in [0.15, 0.2) is 24.5 Å². The maximum atomic E-state index is 13.6. The summed E-state index contributed by atoms with van der Waals surface area (Å²) in [5, 5.41) is 5.74. The summed E-state index contributed by atoms with van der Waals surface area (Å²) in [6, 6.07) is 4.24. The van der Waals surface area contributed by atoms with E-state index in [1.807, 2.05) is 6.92 Å². The van der Waals surface area contributed by atoms with Crippen LogP contribution in [0.4, 0.5) is 10.1 Å². The number of rotatable bonds is 2. The fourth-order valence-electron chi connectivity index (χ4n) is 2.31. The number of carbonyl (C=O) groups excluding carboxylic acids is 1. The molecule has 0 bridgehead atoms. The summed E-state index contributed by atoms with van der Waals surface area (Å²) in [5.41, 5.74) is 2.99. The summed E-state index contributed by atoms with van der Waals surface area (Å²) in [6.45, 7) is 2.41. The molecule has 1 unspecified atom stereocenters. The monoisotopic (exact) mass is 274 g/mol. The van der Waals surface area contributed by atoms with Crippen LogP contribution in [0.3, 0.4) is 0 Å². The van der Waals surface area contributed by atoms with Crippen molar-refractivity contribution in [3.63, 3.8) is 0 Å². The Morgan fingerprint density at radius 2 is 2.35 bits per heavy atom. The highest BCUT2D eigenvalue weighted by atomic mass is 19.1. The van der Waals surface area contributed by atoms with E-state index in [9.17, 15) is 9.18 Å². The minimum absolute atomic E-state index is 0.213. The standard InChI is InChI=1S/C14H15FN4O/c1-8-2-3-9(15)10(4-8)19-14(20)12-5-11-13(6-16-12)18-7-17-11/h2-4,7,12,16H,5-6H2,1H3,(H,17,18)(H,19,20). The van der Waals surface area contributed by atoms with Crippen LogP contribution in [0.1, 0.15) is 17.0 Å². The van der Waals surface area contributed by atoms with E-state index in [1.165, 1.54) is 6.07 Å². The molecule has 0 radical (unpaired) electrons. The minimum Gasteiger partial charge on any atom is -0.347 e.